The van der Waals surface area contributed by atoms with Crippen molar-refractivity contribution >= 4 is 44.0 Å². The van der Waals surface area contributed by atoms with Gasteiger partial charge in [-0.3, -0.25) is 4.79 Å². The summed E-state index contributed by atoms with van der Waals surface area (Å²) in [5, 5.41) is 9.66. The topological polar surface area (TPSA) is 126 Å². The number of aromatic nitrogens is 1. The summed E-state index contributed by atoms with van der Waals surface area (Å²) in [7, 11) is -3.38. The first-order chi connectivity index (χ1) is 19.2. The van der Waals surface area contributed by atoms with Gasteiger partial charge in [0.15, 0.2) is 15.0 Å². The van der Waals surface area contributed by atoms with Crippen molar-refractivity contribution in [1.82, 2.24) is 15.6 Å². The van der Waals surface area contributed by atoms with Crippen molar-refractivity contribution in [3.05, 3.63) is 89.5 Å². The van der Waals surface area contributed by atoms with Crippen LogP contribution >= 0.6 is 11.3 Å². The Balaban J connectivity index is 1.41. The smallest absolute Gasteiger partial charge is 0.397 e. The molecule has 0 radical (unpaired) electrons. The number of carbonyl (C=O) groups is 2. The maximum Gasteiger partial charge on any atom is 0.413 e. The van der Waals surface area contributed by atoms with Crippen LogP contribution in [0.15, 0.2) is 77.7 Å². The molecule has 1 aliphatic rings. The number of nitrogens with one attached hydrogen (secondary N) is 3. The molecule has 1 heterocycles. The van der Waals surface area contributed by atoms with Gasteiger partial charge in [0.2, 0.25) is 5.06 Å². The molecule has 1 saturated carbocycles. The Hall–Kier alpha value is -4.22. The summed E-state index contributed by atoms with van der Waals surface area (Å²) in [4.78, 5) is 30.1. The lowest BCUT2D eigenvalue weighted by molar-refractivity contribution is 0.0951. The molecule has 4 aromatic rings. The predicted molar refractivity (Wildman–Crippen MR) is 155 cm³/mol. The Labute approximate surface area is 236 Å². The second-order valence-corrected chi connectivity index (χ2v) is 12.6. The third-order valence-corrected chi connectivity index (χ3v) is 8.25. The van der Waals surface area contributed by atoms with Crippen LogP contribution in [-0.2, 0) is 16.4 Å². The van der Waals surface area contributed by atoms with E-state index in [0.717, 1.165) is 41.6 Å². The van der Waals surface area contributed by atoms with E-state index in [2.05, 4.69) is 20.9 Å². The molecule has 0 spiro atoms. The second-order valence-electron chi connectivity index (χ2n) is 9.58. The third-order valence-electron chi connectivity index (χ3n) is 6.27. The molecule has 3 aromatic carbocycles. The van der Waals surface area contributed by atoms with Gasteiger partial charge in [-0.2, -0.15) is 0 Å². The van der Waals surface area contributed by atoms with E-state index in [-0.39, 0.29) is 28.5 Å². The van der Waals surface area contributed by atoms with Gasteiger partial charge in [-0.25, -0.2) is 18.2 Å². The summed E-state index contributed by atoms with van der Waals surface area (Å²) in [5.74, 6) is -0.129. The first-order valence-corrected chi connectivity index (χ1v) is 15.4. The Kier molecular flexibility index (Phi) is 7.85. The Bertz CT molecular complexity index is 1650. The number of hydrogen-bond donors (Lipinski definition) is 3. The molecule has 40 heavy (non-hydrogen) atoms. The van der Waals surface area contributed by atoms with E-state index in [1.54, 1.807) is 24.3 Å². The lowest BCUT2D eigenvalue weighted by Crippen LogP contribution is -2.26. The standard InChI is InChI=1S/C29H28N4O5S2/c1-18-8-9-21(26(34)31-22-12-13-22)16-24(18)32-28-33-25(20-10-14-23(15-11-20)40(2,36)37)27(39-28)38-29(35)30-17-19-6-4-3-5-7-19/h3-11,14-16,22H,12-13,17H2,1-2H3,(H,30,35)(H,31,34)(H,32,33). The van der Waals surface area contributed by atoms with Crippen molar-refractivity contribution in [3.8, 4) is 16.3 Å². The molecule has 9 nitrogen and oxygen atoms in total. The van der Waals surface area contributed by atoms with Crippen molar-refractivity contribution < 1.29 is 22.7 Å². The van der Waals surface area contributed by atoms with Crippen LogP contribution in [0.3, 0.4) is 0 Å². The summed E-state index contributed by atoms with van der Waals surface area (Å²) < 4.78 is 29.5. The number of hydrogen-bond acceptors (Lipinski definition) is 8. The summed E-state index contributed by atoms with van der Waals surface area (Å²) in [5.41, 5.74) is 4.00. The number of aryl methyl sites for hydroxylation is 1. The van der Waals surface area contributed by atoms with Crippen LogP contribution in [0.5, 0.6) is 5.06 Å². The zero-order valence-corrected chi connectivity index (χ0v) is 23.6. The fourth-order valence-corrected chi connectivity index (χ4v) is 5.35. The zero-order valence-electron chi connectivity index (χ0n) is 21.9. The summed E-state index contributed by atoms with van der Waals surface area (Å²) in [6, 6.07) is 21.3. The van der Waals surface area contributed by atoms with Gasteiger partial charge >= 0.3 is 6.09 Å². The highest BCUT2D eigenvalue weighted by Crippen LogP contribution is 2.40. The molecule has 1 aromatic heterocycles. The summed E-state index contributed by atoms with van der Waals surface area (Å²) in [6.45, 7) is 2.20. The minimum absolute atomic E-state index is 0.129. The molecule has 0 aliphatic heterocycles. The van der Waals surface area contributed by atoms with Gasteiger partial charge < -0.3 is 20.7 Å². The molecule has 0 saturated heterocycles. The number of amides is 2. The number of nitrogens with zero attached hydrogens (tertiary/aromatic N) is 1. The number of carbonyl (C=O) groups excluding carboxylic acids is 2. The highest BCUT2D eigenvalue weighted by molar-refractivity contribution is 7.90. The highest BCUT2D eigenvalue weighted by atomic mass is 32.2. The van der Waals surface area contributed by atoms with Gasteiger partial charge in [0.05, 0.1) is 4.90 Å². The normalized spacial score (nSPS) is 12.9. The van der Waals surface area contributed by atoms with E-state index in [1.165, 1.54) is 12.1 Å². The molecule has 2 amide bonds. The molecule has 0 bridgehead atoms. The maximum atomic E-state index is 12.7. The van der Waals surface area contributed by atoms with Crippen LogP contribution in [-0.4, -0.2) is 37.7 Å². The van der Waals surface area contributed by atoms with E-state index in [9.17, 15) is 18.0 Å². The minimum atomic E-state index is -3.38. The molecule has 1 fully saturated rings. The van der Waals surface area contributed by atoms with E-state index in [1.807, 2.05) is 43.3 Å². The number of benzene rings is 3. The monoisotopic (exact) mass is 576 g/mol. The van der Waals surface area contributed by atoms with Gasteiger partial charge in [0.1, 0.15) is 5.69 Å². The molecular weight excluding hydrogens is 548 g/mol. The second kappa shape index (κ2) is 11.5. The van der Waals surface area contributed by atoms with Crippen LogP contribution < -0.4 is 20.7 Å². The van der Waals surface area contributed by atoms with Crippen LogP contribution in [0.2, 0.25) is 0 Å². The van der Waals surface area contributed by atoms with Gasteiger partial charge in [-0.1, -0.05) is 59.9 Å². The SMILES string of the molecule is Cc1ccc(C(=O)NC2CC2)cc1Nc1nc(-c2ccc(S(C)(=O)=O)cc2)c(OC(=O)NCc2ccccc2)s1. The minimum Gasteiger partial charge on any atom is -0.397 e. The number of sulfone groups is 1. The molecule has 0 atom stereocenters. The molecule has 11 heteroatoms. The molecule has 3 N–H and O–H groups in total. The van der Waals surface area contributed by atoms with Crippen molar-refractivity contribution in [1.29, 1.82) is 0 Å². The molecular formula is C29H28N4O5S2. The lowest BCUT2D eigenvalue weighted by Gasteiger charge is -2.10. The van der Waals surface area contributed by atoms with Crippen molar-refractivity contribution in [2.45, 2.75) is 37.2 Å². The van der Waals surface area contributed by atoms with Gasteiger partial charge in [0, 0.05) is 35.7 Å². The van der Waals surface area contributed by atoms with E-state index < -0.39 is 15.9 Å². The number of rotatable bonds is 9. The van der Waals surface area contributed by atoms with E-state index in [4.69, 9.17) is 4.74 Å². The van der Waals surface area contributed by atoms with Crippen molar-refractivity contribution in [2.75, 3.05) is 11.6 Å². The Morgan fingerprint density at radius 2 is 1.75 bits per heavy atom. The van der Waals surface area contributed by atoms with Crippen LogP contribution in [0.4, 0.5) is 15.6 Å². The van der Waals surface area contributed by atoms with Crippen LogP contribution in [0, 0.1) is 6.92 Å². The van der Waals surface area contributed by atoms with Gasteiger partial charge in [-0.15, -0.1) is 0 Å². The molecule has 1 aliphatic carbocycles. The van der Waals surface area contributed by atoms with Crippen LogP contribution in [0.25, 0.3) is 11.3 Å². The lowest BCUT2D eigenvalue weighted by atomic mass is 10.1. The quantitative estimate of drug-likeness (QED) is 0.242. The molecule has 206 valence electrons. The first kappa shape index (κ1) is 27.4. The maximum absolute atomic E-state index is 12.7. The fourth-order valence-electron chi connectivity index (χ4n) is 3.87. The van der Waals surface area contributed by atoms with E-state index in [0.29, 0.717) is 27.6 Å². The average molecular weight is 577 g/mol. The first-order valence-electron chi connectivity index (χ1n) is 12.7. The molecule has 0 unspecified atom stereocenters. The van der Waals surface area contributed by atoms with Crippen molar-refractivity contribution in [2.24, 2.45) is 0 Å². The fraction of sp³-hybridized carbons (Fsp3) is 0.207. The van der Waals surface area contributed by atoms with Gasteiger partial charge in [-0.05, 0) is 55.2 Å². The largest absolute Gasteiger partial charge is 0.413 e. The summed E-state index contributed by atoms with van der Waals surface area (Å²) in [6.07, 6.45) is 2.48. The van der Waals surface area contributed by atoms with Gasteiger partial charge in [0.25, 0.3) is 5.91 Å². The summed E-state index contributed by atoms with van der Waals surface area (Å²) >= 11 is 1.13. The zero-order chi connectivity index (χ0) is 28.3. The van der Waals surface area contributed by atoms with Crippen molar-refractivity contribution in [3.63, 3.8) is 0 Å². The Morgan fingerprint density at radius 3 is 2.42 bits per heavy atom. The number of anilines is 2. The highest BCUT2D eigenvalue weighted by Gasteiger charge is 2.24. The number of ether oxygens (including phenoxy) is 1. The average Bonchev–Trinajstić information content (AvgIpc) is 3.67. The third kappa shape index (κ3) is 6.85. The predicted octanol–water partition coefficient (Wildman–Crippen LogP) is 5.45. The number of thiazole rings is 1. The van der Waals surface area contributed by atoms with Crippen LogP contribution in [0.1, 0.15) is 34.3 Å². The molecule has 5 rings (SSSR count). The van der Waals surface area contributed by atoms with E-state index >= 15 is 0 Å². The Morgan fingerprint density at radius 1 is 1.02 bits per heavy atom.